The van der Waals surface area contributed by atoms with Crippen LogP contribution in [0.25, 0.3) is 5.82 Å². The van der Waals surface area contributed by atoms with Gasteiger partial charge in [0, 0.05) is 12.4 Å². The SMILES string of the molecule is CC(C)c1ccc(COCc2ccc(-n3cc(C(=O)O)cn3)nc2)cc1. The zero-order valence-corrected chi connectivity index (χ0v) is 14.8. The minimum Gasteiger partial charge on any atom is -0.478 e. The normalized spacial score (nSPS) is 11.0. The van der Waals surface area contributed by atoms with Crippen molar-refractivity contribution in [3.8, 4) is 5.82 Å². The molecule has 0 unspecified atom stereocenters. The minimum absolute atomic E-state index is 0.127. The Bertz CT molecular complexity index is 868. The van der Waals surface area contributed by atoms with Crippen molar-refractivity contribution in [3.63, 3.8) is 0 Å². The highest BCUT2D eigenvalue weighted by atomic mass is 16.5. The summed E-state index contributed by atoms with van der Waals surface area (Å²) in [5.41, 5.74) is 3.52. The molecule has 0 aliphatic rings. The fourth-order valence-electron chi connectivity index (χ4n) is 2.48. The van der Waals surface area contributed by atoms with Crippen LogP contribution >= 0.6 is 0 Å². The predicted octanol–water partition coefficient (Wildman–Crippen LogP) is 3.81. The van der Waals surface area contributed by atoms with E-state index >= 15 is 0 Å². The Kier molecular flexibility index (Phi) is 5.43. The van der Waals surface area contributed by atoms with Crippen LogP contribution in [0.5, 0.6) is 0 Å². The molecule has 0 spiro atoms. The van der Waals surface area contributed by atoms with E-state index in [1.807, 2.05) is 6.07 Å². The van der Waals surface area contributed by atoms with Crippen LogP contribution in [0.3, 0.4) is 0 Å². The van der Waals surface area contributed by atoms with Crippen LogP contribution in [-0.2, 0) is 18.0 Å². The van der Waals surface area contributed by atoms with Crippen LogP contribution in [0.1, 0.15) is 46.8 Å². The molecule has 1 N–H and O–H groups in total. The third-order valence-electron chi connectivity index (χ3n) is 4.06. The maximum atomic E-state index is 10.9. The number of ether oxygens (including phenoxy) is 1. The molecule has 0 fully saturated rings. The Hall–Kier alpha value is -2.99. The van der Waals surface area contributed by atoms with Gasteiger partial charge in [-0.2, -0.15) is 5.10 Å². The summed E-state index contributed by atoms with van der Waals surface area (Å²) in [7, 11) is 0. The smallest absolute Gasteiger partial charge is 0.338 e. The molecular weight excluding hydrogens is 330 g/mol. The standard InChI is InChI=1S/C20H21N3O3/c1-14(2)17-6-3-15(4-7-17)12-26-13-16-5-8-19(21-9-16)23-11-18(10-22-23)20(24)25/h3-11,14H,12-13H2,1-2H3,(H,24,25). The Morgan fingerprint density at radius 2 is 1.77 bits per heavy atom. The molecule has 0 bridgehead atoms. The molecule has 0 aliphatic carbocycles. The second-order valence-electron chi connectivity index (χ2n) is 6.39. The van der Waals surface area contributed by atoms with Crippen LogP contribution in [0, 0.1) is 0 Å². The number of carbonyl (C=O) groups is 1. The van der Waals surface area contributed by atoms with E-state index in [-0.39, 0.29) is 5.56 Å². The van der Waals surface area contributed by atoms with Gasteiger partial charge in [0.05, 0.1) is 25.0 Å². The van der Waals surface area contributed by atoms with Crippen molar-refractivity contribution in [2.45, 2.75) is 33.0 Å². The average Bonchev–Trinajstić information content (AvgIpc) is 3.13. The maximum Gasteiger partial charge on any atom is 0.338 e. The van der Waals surface area contributed by atoms with Gasteiger partial charge in [-0.05, 0) is 28.7 Å². The zero-order chi connectivity index (χ0) is 18.5. The van der Waals surface area contributed by atoms with Crippen molar-refractivity contribution in [1.82, 2.24) is 14.8 Å². The van der Waals surface area contributed by atoms with Crippen molar-refractivity contribution < 1.29 is 14.6 Å². The highest BCUT2D eigenvalue weighted by Crippen LogP contribution is 2.15. The van der Waals surface area contributed by atoms with Crippen LogP contribution in [-0.4, -0.2) is 25.8 Å². The number of pyridine rings is 1. The van der Waals surface area contributed by atoms with Gasteiger partial charge in [-0.25, -0.2) is 14.5 Å². The minimum atomic E-state index is -1.01. The molecule has 2 heterocycles. The van der Waals surface area contributed by atoms with Gasteiger partial charge in [0.25, 0.3) is 0 Å². The maximum absolute atomic E-state index is 10.9. The van der Waals surface area contributed by atoms with E-state index in [1.165, 1.54) is 22.6 Å². The van der Waals surface area contributed by atoms with Crippen molar-refractivity contribution in [3.05, 3.63) is 77.2 Å². The second kappa shape index (κ2) is 7.93. The largest absolute Gasteiger partial charge is 0.478 e. The molecule has 26 heavy (non-hydrogen) atoms. The van der Waals surface area contributed by atoms with Gasteiger partial charge in [-0.15, -0.1) is 0 Å². The number of aromatic carboxylic acids is 1. The van der Waals surface area contributed by atoms with E-state index < -0.39 is 5.97 Å². The van der Waals surface area contributed by atoms with E-state index in [1.54, 1.807) is 12.3 Å². The zero-order valence-electron chi connectivity index (χ0n) is 14.8. The molecule has 0 amide bonds. The number of hydrogen-bond acceptors (Lipinski definition) is 4. The summed E-state index contributed by atoms with van der Waals surface area (Å²) in [5.74, 6) is 0.0733. The monoisotopic (exact) mass is 351 g/mol. The highest BCUT2D eigenvalue weighted by Gasteiger charge is 2.08. The fraction of sp³-hybridized carbons (Fsp3) is 0.250. The van der Waals surface area contributed by atoms with Crippen molar-refractivity contribution in [1.29, 1.82) is 0 Å². The molecule has 3 rings (SSSR count). The summed E-state index contributed by atoms with van der Waals surface area (Å²) in [6, 6.07) is 12.1. The summed E-state index contributed by atoms with van der Waals surface area (Å²) in [6.07, 6.45) is 4.44. The first-order valence-electron chi connectivity index (χ1n) is 8.43. The third-order valence-corrected chi connectivity index (χ3v) is 4.06. The first kappa shape index (κ1) is 17.8. The highest BCUT2D eigenvalue weighted by molar-refractivity contribution is 5.86. The van der Waals surface area contributed by atoms with Gasteiger partial charge < -0.3 is 9.84 Å². The Morgan fingerprint density at radius 3 is 2.35 bits per heavy atom. The van der Waals surface area contributed by atoms with E-state index in [0.29, 0.717) is 24.9 Å². The molecule has 6 heteroatoms. The molecule has 0 aliphatic heterocycles. The lowest BCUT2D eigenvalue weighted by Gasteiger charge is -2.08. The molecule has 3 aromatic rings. The first-order chi connectivity index (χ1) is 12.5. The summed E-state index contributed by atoms with van der Waals surface area (Å²) in [6.45, 7) is 5.35. The van der Waals surface area contributed by atoms with E-state index in [2.05, 4.69) is 48.2 Å². The number of benzene rings is 1. The number of hydrogen-bond donors (Lipinski definition) is 1. The second-order valence-corrected chi connectivity index (χ2v) is 6.39. The van der Waals surface area contributed by atoms with Gasteiger partial charge in [-0.1, -0.05) is 44.2 Å². The van der Waals surface area contributed by atoms with Crippen LogP contribution < -0.4 is 0 Å². The van der Waals surface area contributed by atoms with Gasteiger partial charge in [0.2, 0.25) is 0 Å². The Balaban J connectivity index is 1.55. The number of carboxylic acids is 1. The van der Waals surface area contributed by atoms with Crippen molar-refractivity contribution >= 4 is 5.97 Å². The fourth-order valence-corrected chi connectivity index (χ4v) is 2.48. The molecular formula is C20H21N3O3. The van der Waals surface area contributed by atoms with E-state index in [4.69, 9.17) is 9.84 Å². The van der Waals surface area contributed by atoms with Crippen molar-refractivity contribution in [2.75, 3.05) is 0 Å². The van der Waals surface area contributed by atoms with Crippen LogP contribution in [0.4, 0.5) is 0 Å². The third kappa shape index (κ3) is 4.34. The lowest BCUT2D eigenvalue weighted by Crippen LogP contribution is -2.00. The average molecular weight is 351 g/mol. The van der Waals surface area contributed by atoms with E-state index in [9.17, 15) is 4.79 Å². The molecule has 6 nitrogen and oxygen atoms in total. The van der Waals surface area contributed by atoms with Gasteiger partial charge in [0.15, 0.2) is 5.82 Å². The predicted molar refractivity (Wildman–Crippen MR) is 97.3 cm³/mol. The molecule has 0 saturated carbocycles. The quantitative estimate of drug-likeness (QED) is 0.700. The van der Waals surface area contributed by atoms with Gasteiger partial charge in [0.1, 0.15) is 0 Å². The van der Waals surface area contributed by atoms with Gasteiger partial charge >= 0.3 is 5.97 Å². The molecule has 2 aromatic heterocycles. The number of nitrogens with zero attached hydrogens (tertiary/aromatic N) is 3. The summed E-state index contributed by atoms with van der Waals surface area (Å²) in [5, 5.41) is 12.9. The molecule has 1 aromatic carbocycles. The van der Waals surface area contributed by atoms with Crippen LogP contribution in [0.2, 0.25) is 0 Å². The number of rotatable bonds is 7. The van der Waals surface area contributed by atoms with Crippen molar-refractivity contribution in [2.24, 2.45) is 0 Å². The Labute approximate surface area is 152 Å². The van der Waals surface area contributed by atoms with Gasteiger partial charge in [-0.3, -0.25) is 0 Å². The van der Waals surface area contributed by atoms with Crippen LogP contribution in [0.15, 0.2) is 55.0 Å². The molecule has 0 atom stereocenters. The number of carboxylic acid groups (broad SMARTS) is 1. The molecule has 134 valence electrons. The lowest BCUT2D eigenvalue weighted by molar-refractivity contribution is 0.0697. The summed E-state index contributed by atoms with van der Waals surface area (Å²) >= 11 is 0. The summed E-state index contributed by atoms with van der Waals surface area (Å²) < 4.78 is 7.18. The summed E-state index contributed by atoms with van der Waals surface area (Å²) in [4.78, 5) is 15.2. The number of aromatic nitrogens is 3. The molecule has 0 saturated heterocycles. The Morgan fingerprint density at radius 1 is 1.08 bits per heavy atom. The topological polar surface area (TPSA) is 77.2 Å². The lowest BCUT2D eigenvalue weighted by atomic mass is 10.0. The first-order valence-corrected chi connectivity index (χ1v) is 8.43. The van der Waals surface area contributed by atoms with E-state index in [0.717, 1.165) is 11.1 Å². The molecule has 0 radical (unpaired) electrons.